The monoisotopic (exact) mass is 380 g/mol. The highest BCUT2D eigenvalue weighted by Gasteiger charge is 2.13. The van der Waals surface area contributed by atoms with Crippen LogP contribution in [0.25, 0.3) is 16.5 Å². The molecule has 0 radical (unpaired) electrons. The van der Waals surface area contributed by atoms with Gasteiger partial charge in [-0.1, -0.05) is 84.0 Å². The van der Waals surface area contributed by atoms with Gasteiger partial charge in [0.15, 0.2) is 0 Å². The van der Waals surface area contributed by atoms with Crippen LogP contribution in [0.5, 0.6) is 0 Å². The van der Waals surface area contributed by atoms with Crippen LogP contribution in [0.2, 0.25) is 0 Å². The summed E-state index contributed by atoms with van der Waals surface area (Å²) in [5.74, 6) is -0.458. The maximum atomic E-state index is 11.4. The van der Waals surface area contributed by atoms with Gasteiger partial charge in [-0.2, -0.15) is 0 Å². The first-order valence-electron chi connectivity index (χ1n) is 9.37. The van der Waals surface area contributed by atoms with E-state index in [-0.39, 0.29) is 0 Å². The number of aromatic nitrogens is 1. The number of carbonyl (C=O) groups is 1. The second kappa shape index (κ2) is 8.40. The fraction of sp³-hybridized carbons (Fsp3) is 0.0400. The number of hydrogen-bond donors (Lipinski definition) is 1. The lowest BCUT2D eigenvalue weighted by Gasteiger charge is -2.09. The van der Waals surface area contributed by atoms with Crippen LogP contribution in [0, 0.1) is 0 Å². The molecule has 0 atom stereocenters. The van der Waals surface area contributed by atoms with Crippen LogP contribution in [0.1, 0.15) is 23.6 Å². The van der Waals surface area contributed by atoms with Crippen molar-refractivity contribution < 1.29 is 9.63 Å². The van der Waals surface area contributed by atoms with Gasteiger partial charge in [-0.05, 0) is 23.3 Å². The summed E-state index contributed by atoms with van der Waals surface area (Å²) >= 11 is 0. The molecule has 0 unspecified atom stereocenters. The van der Waals surface area contributed by atoms with E-state index in [4.69, 9.17) is 4.84 Å². The molecular weight excluding hydrogens is 360 g/mol. The van der Waals surface area contributed by atoms with Gasteiger partial charge >= 0.3 is 5.97 Å². The predicted octanol–water partition coefficient (Wildman–Crippen LogP) is 5.57. The van der Waals surface area contributed by atoms with E-state index in [1.54, 1.807) is 0 Å². The maximum absolute atomic E-state index is 11.4. The Balaban J connectivity index is 1.92. The summed E-state index contributed by atoms with van der Waals surface area (Å²) in [7, 11) is 0. The van der Waals surface area contributed by atoms with Crippen molar-refractivity contribution in [3.63, 3.8) is 0 Å². The largest absolute Gasteiger partial charge is 0.361 e. The molecule has 0 saturated heterocycles. The van der Waals surface area contributed by atoms with Crippen molar-refractivity contribution in [1.82, 2.24) is 4.98 Å². The Bertz CT molecular complexity index is 1190. The second-order valence-corrected chi connectivity index (χ2v) is 6.60. The molecule has 1 heterocycles. The van der Waals surface area contributed by atoms with E-state index in [0.717, 1.165) is 33.2 Å². The molecule has 0 aliphatic heterocycles. The Labute approximate surface area is 169 Å². The minimum atomic E-state index is -0.458. The summed E-state index contributed by atoms with van der Waals surface area (Å²) in [6.07, 6.45) is 3.96. The number of aromatic amines is 1. The SMILES string of the molecule is CC(=O)O/N=C(\C=C(\c1ccccc1)c1c[nH]c2ccccc12)c1ccccc1. The molecule has 4 aromatic rings. The van der Waals surface area contributed by atoms with Crippen molar-refractivity contribution in [2.24, 2.45) is 5.16 Å². The maximum Gasteiger partial charge on any atom is 0.332 e. The molecule has 0 amide bonds. The fourth-order valence-corrected chi connectivity index (χ4v) is 3.25. The number of benzene rings is 3. The van der Waals surface area contributed by atoms with E-state index in [9.17, 15) is 4.79 Å². The molecule has 4 nitrogen and oxygen atoms in total. The van der Waals surface area contributed by atoms with Crippen molar-refractivity contribution in [2.45, 2.75) is 6.92 Å². The third-order valence-electron chi connectivity index (χ3n) is 4.59. The Morgan fingerprint density at radius 1 is 0.862 bits per heavy atom. The quantitative estimate of drug-likeness (QED) is 0.280. The third kappa shape index (κ3) is 4.17. The van der Waals surface area contributed by atoms with Gasteiger partial charge in [-0.25, -0.2) is 4.79 Å². The zero-order valence-corrected chi connectivity index (χ0v) is 16.0. The number of H-pyrrole nitrogens is 1. The summed E-state index contributed by atoms with van der Waals surface area (Å²) in [5, 5.41) is 5.24. The molecule has 29 heavy (non-hydrogen) atoms. The molecule has 0 bridgehead atoms. The Morgan fingerprint density at radius 2 is 1.48 bits per heavy atom. The van der Waals surface area contributed by atoms with Crippen LogP contribution in [0.4, 0.5) is 0 Å². The van der Waals surface area contributed by atoms with Crippen LogP contribution >= 0.6 is 0 Å². The number of oxime groups is 1. The molecule has 3 aromatic carbocycles. The average molecular weight is 380 g/mol. The minimum absolute atomic E-state index is 0.458. The Morgan fingerprint density at radius 3 is 2.17 bits per heavy atom. The van der Waals surface area contributed by atoms with Gasteiger partial charge < -0.3 is 9.82 Å². The van der Waals surface area contributed by atoms with E-state index in [0.29, 0.717) is 5.71 Å². The van der Waals surface area contributed by atoms with E-state index in [1.807, 2.05) is 79.0 Å². The lowest BCUT2D eigenvalue weighted by molar-refractivity contribution is -0.140. The second-order valence-electron chi connectivity index (χ2n) is 6.60. The minimum Gasteiger partial charge on any atom is -0.361 e. The van der Waals surface area contributed by atoms with Crippen molar-refractivity contribution >= 4 is 28.2 Å². The van der Waals surface area contributed by atoms with Crippen LogP contribution in [0.3, 0.4) is 0 Å². The van der Waals surface area contributed by atoms with Crippen LogP contribution in [-0.2, 0) is 9.63 Å². The van der Waals surface area contributed by atoms with Crippen molar-refractivity contribution in [3.8, 4) is 0 Å². The summed E-state index contributed by atoms with van der Waals surface area (Å²) in [5.41, 5.74) is 5.58. The number of para-hydroxylation sites is 1. The number of carbonyl (C=O) groups excluding carboxylic acids is 1. The highest BCUT2D eigenvalue weighted by molar-refractivity contribution is 6.15. The van der Waals surface area contributed by atoms with Gasteiger partial charge in [0.05, 0.1) is 0 Å². The number of hydrogen-bond acceptors (Lipinski definition) is 3. The van der Waals surface area contributed by atoms with Gasteiger partial charge in [0.1, 0.15) is 5.71 Å². The molecule has 4 rings (SSSR count). The van der Waals surface area contributed by atoms with E-state index in [2.05, 4.69) is 28.3 Å². The molecule has 1 N–H and O–H groups in total. The summed E-state index contributed by atoms with van der Waals surface area (Å²) in [6.45, 7) is 1.34. The first-order valence-corrected chi connectivity index (χ1v) is 9.37. The number of rotatable bonds is 5. The number of nitrogens with zero attached hydrogens (tertiary/aromatic N) is 1. The predicted molar refractivity (Wildman–Crippen MR) is 117 cm³/mol. The molecule has 1 aromatic heterocycles. The molecule has 142 valence electrons. The summed E-state index contributed by atoms with van der Waals surface area (Å²) in [6, 6.07) is 28.0. The highest BCUT2D eigenvalue weighted by Crippen LogP contribution is 2.30. The zero-order chi connectivity index (χ0) is 20.1. The summed E-state index contributed by atoms with van der Waals surface area (Å²) in [4.78, 5) is 19.7. The van der Waals surface area contributed by atoms with Gasteiger partial charge in [0, 0.05) is 35.2 Å². The third-order valence-corrected chi connectivity index (χ3v) is 4.59. The molecule has 0 fully saturated rings. The Hall–Kier alpha value is -3.92. The highest BCUT2D eigenvalue weighted by atomic mass is 16.7. The topological polar surface area (TPSA) is 54.4 Å². The van der Waals surface area contributed by atoms with Crippen LogP contribution in [0.15, 0.2) is 102 Å². The smallest absolute Gasteiger partial charge is 0.332 e. The molecule has 0 aliphatic carbocycles. The molecule has 0 saturated carbocycles. The van der Waals surface area contributed by atoms with Gasteiger partial charge in [-0.3, -0.25) is 0 Å². The van der Waals surface area contributed by atoms with Crippen molar-refractivity contribution in [1.29, 1.82) is 0 Å². The summed E-state index contributed by atoms with van der Waals surface area (Å²) < 4.78 is 0. The average Bonchev–Trinajstić information content (AvgIpc) is 3.19. The number of nitrogens with one attached hydrogen (secondary N) is 1. The van der Waals surface area contributed by atoms with Gasteiger partial charge in [-0.15, -0.1) is 0 Å². The van der Waals surface area contributed by atoms with Crippen LogP contribution in [-0.4, -0.2) is 16.7 Å². The first-order chi connectivity index (χ1) is 14.2. The number of allylic oxidation sites excluding steroid dienone is 1. The van der Waals surface area contributed by atoms with E-state index >= 15 is 0 Å². The van der Waals surface area contributed by atoms with Gasteiger partial charge in [0.25, 0.3) is 0 Å². The normalized spacial score (nSPS) is 12.2. The van der Waals surface area contributed by atoms with Crippen molar-refractivity contribution in [3.05, 3.63) is 114 Å². The van der Waals surface area contributed by atoms with Gasteiger partial charge in [0.2, 0.25) is 0 Å². The zero-order valence-electron chi connectivity index (χ0n) is 16.0. The lowest BCUT2D eigenvalue weighted by Crippen LogP contribution is -2.03. The van der Waals surface area contributed by atoms with E-state index in [1.165, 1.54) is 6.92 Å². The standard InChI is InChI=1S/C25H20N2O2/c1-18(28)29-27-25(20-12-6-3-7-13-20)16-22(19-10-4-2-5-11-19)23-17-26-24-15-9-8-14-21(23)24/h2-17,26H,1H3/b22-16-,27-25+. The Kier molecular flexibility index (Phi) is 5.34. The lowest BCUT2D eigenvalue weighted by atomic mass is 9.95. The first kappa shape index (κ1) is 18.4. The molecule has 0 spiro atoms. The number of fused-ring (bicyclic) bond motifs is 1. The van der Waals surface area contributed by atoms with Crippen molar-refractivity contribution in [2.75, 3.05) is 0 Å². The molecular formula is C25H20N2O2. The van der Waals surface area contributed by atoms with E-state index < -0.39 is 5.97 Å². The molecule has 4 heteroatoms. The van der Waals surface area contributed by atoms with Crippen LogP contribution < -0.4 is 0 Å². The molecule has 0 aliphatic rings. The fourth-order valence-electron chi connectivity index (χ4n) is 3.25.